The van der Waals surface area contributed by atoms with E-state index in [1.807, 2.05) is 42.5 Å². The van der Waals surface area contributed by atoms with E-state index < -0.39 is 0 Å². The number of fused-ring (bicyclic) bond motifs is 1. The highest BCUT2D eigenvalue weighted by Crippen LogP contribution is 2.44. The summed E-state index contributed by atoms with van der Waals surface area (Å²) >= 11 is 1.40. The van der Waals surface area contributed by atoms with Crippen molar-refractivity contribution in [2.75, 3.05) is 18.6 Å². The lowest BCUT2D eigenvalue weighted by atomic mass is 9.79. The Balaban J connectivity index is 1.48. The topological polar surface area (TPSA) is 58.3 Å². The van der Waals surface area contributed by atoms with Gasteiger partial charge in [0.05, 0.1) is 30.5 Å². The van der Waals surface area contributed by atoms with Gasteiger partial charge in [-0.15, -0.1) is 0 Å². The molecule has 3 aromatic rings. The van der Waals surface area contributed by atoms with Gasteiger partial charge in [0, 0.05) is 17.8 Å². The number of hydrogen-bond acceptors (Lipinski definition) is 6. The van der Waals surface area contributed by atoms with Crippen LogP contribution in [-0.2, 0) is 11.3 Å². The van der Waals surface area contributed by atoms with Gasteiger partial charge < -0.3 is 14.1 Å². The number of hydrogen-bond donors (Lipinski definition) is 0. The predicted octanol–water partition coefficient (Wildman–Crippen LogP) is 7.20. The summed E-state index contributed by atoms with van der Waals surface area (Å²) in [6.45, 7) is 10.4. The Bertz CT molecular complexity index is 1340. The number of thioether (sulfide) groups is 1. The first-order chi connectivity index (χ1) is 17.8. The number of furan rings is 1. The molecule has 2 aliphatic heterocycles. The first-order valence-electron chi connectivity index (χ1n) is 12.7. The molecule has 37 heavy (non-hydrogen) atoms. The van der Waals surface area contributed by atoms with Gasteiger partial charge >= 0.3 is 0 Å². The van der Waals surface area contributed by atoms with Crippen LogP contribution in [0.25, 0.3) is 6.08 Å². The van der Waals surface area contributed by atoms with Crippen LogP contribution in [0, 0.1) is 0 Å². The van der Waals surface area contributed by atoms with Crippen LogP contribution in [0.15, 0.2) is 75.2 Å². The van der Waals surface area contributed by atoms with Gasteiger partial charge in [0.2, 0.25) is 0 Å². The molecule has 6 nitrogen and oxygen atoms in total. The van der Waals surface area contributed by atoms with Gasteiger partial charge in [-0.2, -0.15) is 0 Å². The Morgan fingerprint density at radius 1 is 1.19 bits per heavy atom. The number of amidine groups is 1. The third kappa shape index (κ3) is 5.05. The predicted molar refractivity (Wildman–Crippen MR) is 151 cm³/mol. The average molecular weight is 516 g/mol. The van der Waals surface area contributed by atoms with Crippen LogP contribution in [0.4, 0.5) is 11.4 Å². The second-order valence-electron chi connectivity index (χ2n) is 10.2. The largest absolute Gasteiger partial charge is 0.497 e. The minimum atomic E-state index is -0.0734. The molecule has 1 fully saturated rings. The highest BCUT2D eigenvalue weighted by atomic mass is 32.2. The Kier molecular flexibility index (Phi) is 6.90. The van der Waals surface area contributed by atoms with Crippen LogP contribution in [-0.4, -0.2) is 35.2 Å². The van der Waals surface area contributed by atoms with Crippen molar-refractivity contribution in [2.45, 2.75) is 52.1 Å². The number of carbonyl (C=O) groups is 1. The second-order valence-corrected chi connectivity index (χ2v) is 11.2. The van der Waals surface area contributed by atoms with Crippen LogP contribution in [0.1, 0.15) is 56.9 Å². The van der Waals surface area contributed by atoms with E-state index in [4.69, 9.17) is 14.1 Å². The molecule has 1 amide bonds. The zero-order valence-electron chi connectivity index (χ0n) is 22.0. The number of amides is 1. The van der Waals surface area contributed by atoms with Crippen LogP contribution in [0.5, 0.6) is 5.75 Å². The average Bonchev–Trinajstić information content (AvgIpc) is 3.49. The number of carbonyl (C=O) groups excluding carboxylic acids is 1. The van der Waals surface area contributed by atoms with Crippen LogP contribution < -0.4 is 9.64 Å². The zero-order chi connectivity index (χ0) is 26.2. The smallest absolute Gasteiger partial charge is 0.267 e. The molecule has 0 radical (unpaired) electrons. The quantitative estimate of drug-likeness (QED) is 0.325. The Labute approximate surface area is 223 Å². The number of anilines is 1. The molecule has 0 N–H and O–H groups in total. The van der Waals surface area contributed by atoms with Crippen LogP contribution >= 0.6 is 11.8 Å². The maximum Gasteiger partial charge on any atom is 0.267 e. The van der Waals surface area contributed by atoms with Crippen molar-refractivity contribution in [3.63, 3.8) is 0 Å². The molecule has 0 spiro atoms. The van der Waals surface area contributed by atoms with Crippen molar-refractivity contribution < 1.29 is 13.9 Å². The lowest BCUT2D eigenvalue weighted by Gasteiger charge is -2.47. The molecule has 0 bridgehead atoms. The van der Waals surface area contributed by atoms with E-state index in [1.54, 1.807) is 18.3 Å². The van der Waals surface area contributed by atoms with E-state index in [1.165, 1.54) is 23.0 Å². The van der Waals surface area contributed by atoms with Gasteiger partial charge in [0.25, 0.3) is 5.91 Å². The van der Waals surface area contributed by atoms with Crippen molar-refractivity contribution in [1.29, 1.82) is 0 Å². The van der Waals surface area contributed by atoms with Crippen molar-refractivity contribution >= 4 is 40.3 Å². The number of aliphatic imine (C=N–C) groups is 1. The summed E-state index contributed by atoms with van der Waals surface area (Å²) in [7, 11) is 1.64. The van der Waals surface area contributed by atoms with Crippen LogP contribution in [0.3, 0.4) is 0 Å². The van der Waals surface area contributed by atoms with E-state index in [-0.39, 0.29) is 11.4 Å². The summed E-state index contributed by atoms with van der Waals surface area (Å²) in [4.78, 5) is 23.2. The van der Waals surface area contributed by atoms with E-state index in [9.17, 15) is 4.79 Å². The summed E-state index contributed by atoms with van der Waals surface area (Å²) in [6.07, 6.45) is 4.70. The minimum Gasteiger partial charge on any atom is -0.497 e. The number of methoxy groups -OCH3 is 1. The Hall–Kier alpha value is -3.45. The van der Waals surface area contributed by atoms with E-state index >= 15 is 0 Å². The molecule has 192 valence electrons. The highest BCUT2D eigenvalue weighted by Gasteiger charge is 2.36. The fraction of sp³-hybridized carbons (Fsp3) is 0.333. The fourth-order valence-electron chi connectivity index (χ4n) is 5.40. The van der Waals surface area contributed by atoms with Crippen molar-refractivity contribution in [2.24, 2.45) is 4.99 Å². The van der Waals surface area contributed by atoms with Gasteiger partial charge in [-0.25, -0.2) is 4.99 Å². The molecule has 0 saturated carbocycles. The number of rotatable bonds is 6. The number of benzene rings is 2. The molecule has 1 saturated heterocycles. The van der Waals surface area contributed by atoms with Gasteiger partial charge in [-0.05, 0) is 111 Å². The maximum absolute atomic E-state index is 13.6. The Morgan fingerprint density at radius 3 is 2.65 bits per heavy atom. The SMILES string of the molecule is CCN1c2ccc(/C=C3/SC(=Nc4ccc(OC)cc4)N(Cc4ccco4)C3=O)cc2C(C)CC1(C)C. The summed E-state index contributed by atoms with van der Waals surface area (Å²) in [5.41, 5.74) is 4.54. The molecule has 5 rings (SSSR count). The van der Waals surface area contributed by atoms with E-state index in [0.717, 1.165) is 30.0 Å². The molecule has 1 aromatic heterocycles. The molecule has 0 aliphatic carbocycles. The third-order valence-corrected chi connectivity index (χ3v) is 8.11. The summed E-state index contributed by atoms with van der Waals surface area (Å²) in [5, 5.41) is 0.628. The molecular formula is C30H33N3O3S. The van der Waals surface area contributed by atoms with Crippen molar-refractivity contribution in [3.8, 4) is 5.75 Å². The van der Waals surface area contributed by atoms with E-state index in [2.05, 4.69) is 50.8 Å². The molecule has 1 atom stereocenters. The lowest BCUT2D eigenvalue weighted by Crippen LogP contribution is -2.48. The highest BCUT2D eigenvalue weighted by molar-refractivity contribution is 8.18. The number of nitrogens with zero attached hydrogens (tertiary/aromatic N) is 3. The normalized spacial score (nSPS) is 21.1. The van der Waals surface area contributed by atoms with Gasteiger partial charge in [0.1, 0.15) is 11.5 Å². The zero-order valence-corrected chi connectivity index (χ0v) is 22.8. The first kappa shape index (κ1) is 25.2. The number of ether oxygens (including phenoxy) is 1. The third-order valence-electron chi connectivity index (χ3n) is 7.10. The standard InChI is InChI=1S/C30H33N3O3S/c1-6-33-26-14-9-21(16-25(26)20(2)18-30(33,3)4)17-27-28(34)32(19-24-8-7-15-36-24)29(37-27)31-22-10-12-23(35-5)13-11-22/h7-17,20H,6,18-19H2,1-5H3/b27-17+,31-29?. The van der Waals surface area contributed by atoms with Crippen molar-refractivity contribution in [3.05, 3.63) is 82.7 Å². The maximum atomic E-state index is 13.6. The molecule has 2 aromatic carbocycles. The van der Waals surface area contributed by atoms with Crippen molar-refractivity contribution in [1.82, 2.24) is 4.90 Å². The van der Waals surface area contributed by atoms with Gasteiger partial charge in [-0.3, -0.25) is 9.69 Å². The summed E-state index contributed by atoms with van der Waals surface area (Å²) in [6, 6.07) is 17.8. The summed E-state index contributed by atoms with van der Waals surface area (Å²) < 4.78 is 10.8. The summed E-state index contributed by atoms with van der Waals surface area (Å²) in [5.74, 6) is 1.85. The van der Waals surface area contributed by atoms with E-state index in [0.29, 0.717) is 28.3 Å². The molecule has 1 unspecified atom stereocenters. The molecule has 7 heteroatoms. The lowest BCUT2D eigenvalue weighted by molar-refractivity contribution is -0.122. The Morgan fingerprint density at radius 2 is 1.97 bits per heavy atom. The molecule has 2 aliphatic rings. The monoisotopic (exact) mass is 515 g/mol. The molecule has 3 heterocycles. The van der Waals surface area contributed by atoms with Crippen LogP contribution in [0.2, 0.25) is 0 Å². The molecular weight excluding hydrogens is 482 g/mol. The first-order valence-corrected chi connectivity index (χ1v) is 13.5. The second kappa shape index (κ2) is 10.1. The van der Waals surface area contributed by atoms with Gasteiger partial charge in [-0.1, -0.05) is 13.0 Å². The fourth-order valence-corrected chi connectivity index (χ4v) is 6.40. The minimum absolute atomic E-state index is 0.0734. The van der Waals surface area contributed by atoms with Gasteiger partial charge in [0.15, 0.2) is 5.17 Å².